The number of nitrogens with one attached hydrogen (secondary N) is 1. The minimum Gasteiger partial charge on any atom is -0.349 e. The van der Waals surface area contributed by atoms with Crippen molar-refractivity contribution < 1.29 is 4.79 Å². The van der Waals surface area contributed by atoms with Crippen LogP contribution in [0.15, 0.2) is 61.1 Å². The van der Waals surface area contributed by atoms with E-state index in [2.05, 4.69) is 41.5 Å². The van der Waals surface area contributed by atoms with Gasteiger partial charge in [-0.25, -0.2) is 0 Å². The van der Waals surface area contributed by atoms with Crippen LogP contribution in [0.5, 0.6) is 0 Å². The molecule has 0 saturated carbocycles. The number of aromatic nitrogens is 2. The van der Waals surface area contributed by atoms with E-state index in [4.69, 9.17) is 0 Å². The molecule has 1 N–H and O–H groups in total. The second-order valence-electron chi connectivity index (χ2n) is 6.59. The predicted octanol–water partition coefficient (Wildman–Crippen LogP) is 4.05. The summed E-state index contributed by atoms with van der Waals surface area (Å²) in [4.78, 5) is 16.7. The van der Waals surface area contributed by atoms with Gasteiger partial charge in [-0.2, -0.15) is 0 Å². The van der Waals surface area contributed by atoms with Crippen LogP contribution < -0.4 is 5.32 Å². The van der Waals surface area contributed by atoms with Crippen LogP contribution in [-0.2, 0) is 6.54 Å². The van der Waals surface area contributed by atoms with Gasteiger partial charge in [0.2, 0.25) is 0 Å². The average Bonchev–Trinajstić information content (AvgIpc) is 3.01. The SMILES string of the molecule is Cc1ccc(Cn2cc(-c3ccncc3)cc2C(=O)NC(C)C)cc1. The standard InChI is InChI=1S/C21H23N3O/c1-15(2)23-21(25)20-12-19(18-8-10-22-11-9-18)14-24(20)13-17-6-4-16(3)5-7-17/h4-12,14-15H,13H2,1-3H3,(H,23,25). The number of hydrogen-bond donors (Lipinski definition) is 1. The molecule has 2 heterocycles. The van der Waals surface area contributed by atoms with E-state index in [0.717, 1.165) is 11.1 Å². The number of benzene rings is 1. The molecule has 1 amide bonds. The lowest BCUT2D eigenvalue weighted by Gasteiger charge is -2.12. The van der Waals surface area contributed by atoms with Crippen LogP contribution in [0.1, 0.15) is 35.5 Å². The molecule has 4 heteroatoms. The lowest BCUT2D eigenvalue weighted by atomic mass is 10.1. The van der Waals surface area contributed by atoms with Crippen LogP contribution in [0.2, 0.25) is 0 Å². The molecule has 0 fully saturated rings. The van der Waals surface area contributed by atoms with Gasteiger partial charge in [-0.1, -0.05) is 29.8 Å². The Morgan fingerprint density at radius 2 is 1.76 bits per heavy atom. The van der Waals surface area contributed by atoms with Crippen LogP contribution in [-0.4, -0.2) is 21.5 Å². The van der Waals surface area contributed by atoms with E-state index in [0.29, 0.717) is 12.2 Å². The number of rotatable bonds is 5. The van der Waals surface area contributed by atoms with E-state index in [-0.39, 0.29) is 11.9 Å². The first-order valence-corrected chi connectivity index (χ1v) is 8.50. The molecule has 0 spiro atoms. The van der Waals surface area contributed by atoms with Crippen molar-refractivity contribution in [1.29, 1.82) is 0 Å². The molecule has 128 valence electrons. The maximum atomic E-state index is 12.6. The largest absolute Gasteiger partial charge is 0.349 e. The third-order valence-corrected chi connectivity index (χ3v) is 4.04. The Labute approximate surface area is 148 Å². The van der Waals surface area contributed by atoms with E-state index in [1.165, 1.54) is 11.1 Å². The number of carbonyl (C=O) groups is 1. The van der Waals surface area contributed by atoms with Crippen molar-refractivity contribution in [2.24, 2.45) is 0 Å². The molecule has 25 heavy (non-hydrogen) atoms. The van der Waals surface area contributed by atoms with Gasteiger partial charge < -0.3 is 9.88 Å². The number of carbonyl (C=O) groups excluding carboxylic acids is 1. The lowest BCUT2D eigenvalue weighted by molar-refractivity contribution is 0.0934. The molecule has 3 aromatic rings. The van der Waals surface area contributed by atoms with Crippen molar-refractivity contribution in [2.75, 3.05) is 0 Å². The molecular formula is C21H23N3O. The summed E-state index contributed by atoms with van der Waals surface area (Å²) in [6.07, 6.45) is 5.56. The van der Waals surface area contributed by atoms with E-state index in [9.17, 15) is 4.79 Å². The summed E-state index contributed by atoms with van der Waals surface area (Å²) in [5.74, 6) is -0.0533. The molecule has 0 aliphatic heterocycles. The van der Waals surface area contributed by atoms with Gasteiger partial charge in [-0.3, -0.25) is 9.78 Å². The molecule has 4 nitrogen and oxygen atoms in total. The van der Waals surface area contributed by atoms with Gasteiger partial charge in [0.15, 0.2) is 0 Å². The Hall–Kier alpha value is -2.88. The molecular weight excluding hydrogens is 310 g/mol. The third-order valence-electron chi connectivity index (χ3n) is 4.04. The van der Waals surface area contributed by atoms with Gasteiger partial charge in [0.25, 0.3) is 5.91 Å². The monoisotopic (exact) mass is 333 g/mol. The summed E-state index contributed by atoms with van der Waals surface area (Å²) < 4.78 is 2.01. The quantitative estimate of drug-likeness (QED) is 0.766. The zero-order valence-electron chi connectivity index (χ0n) is 14.9. The Kier molecular flexibility index (Phi) is 4.98. The van der Waals surface area contributed by atoms with Gasteiger partial charge in [0.1, 0.15) is 5.69 Å². The summed E-state index contributed by atoms with van der Waals surface area (Å²) in [5.41, 5.74) is 5.13. The molecule has 0 saturated heterocycles. The van der Waals surface area contributed by atoms with Crippen molar-refractivity contribution in [3.05, 3.63) is 77.9 Å². The van der Waals surface area contributed by atoms with Crippen LogP contribution >= 0.6 is 0 Å². The maximum absolute atomic E-state index is 12.6. The van der Waals surface area contributed by atoms with Crippen molar-refractivity contribution in [2.45, 2.75) is 33.4 Å². The van der Waals surface area contributed by atoms with Gasteiger partial charge in [-0.15, -0.1) is 0 Å². The van der Waals surface area contributed by atoms with Crippen LogP contribution in [0.3, 0.4) is 0 Å². The number of pyridine rings is 1. The highest BCUT2D eigenvalue weighted by atomic mass is 16.2. The molecule has 3 rings (SSSR count). The first kappa shape index (κ1) is 17.0. The maximum Gasteiger partial charge on any atom is 0.268 e. The number of nitrogens with zero attached hydrogens (tertiary/aromatic N) is 2. The van der Waals surface area contributed by atoms with E-state index < -0.39 is 0 Å². The van der Waals surface area contributed by atoms with Crippen LogP contribution in [0, 0.1) is 6.92 Å². The summed E-state index contributed by atoms with van der Waals surface area (Å²) >= 11 is 0. The van der Waals surface area contributed by atoms with Gasteiger partial charge >= 0.3 is 0 Å². The van der Waals surface area contributed by atoms with Gasteiger partial charge in [0, 0.05) is 36.7 Å². The Balaban J connectivity index is 1.97. The first-order chi connectivity index (χ1) is 12.0. The smallest absolute Gasteiger partial charge is 0.268 e. The topological polar surface area (TPSA) is 46.9 Å². The van der Waals surface area contributed by atoms with Crippen LogP contribution in [0.4, 0.5) is 0 Å². The second kappa shape index (κ2) is 7.34. The highest BCUT2D eigenvalue weighted by Crippen LogP contribution is 2.23. The molecule has 2 aromatic heterocycles. The third kappa shape index (κ3) is 4.15. The van der Waals surface area contributed by atoms with Crippen molar-refractivity contribution in [3.63, 3.8) is 0 Å². The Bertz CT molecular complexity index is 849. The normalized spacial score (nSPS) is 10.9. The highest BCUT2D eigenvalue weighted by Gasteiger charge is 2.15. The van der Waals surface area contributed by atoms with E-state index in [1.54, 1.807) is 12.4 Å². The van der Waals surface area contributed by atoms with Crippen molar-refractivity contribution >= 4 is 5.91 Å². The number of aryl methyl sites for hydroxylation is 1. The molecule has 0 unspecified atom stereocenters. The fourth-order valence-corrected chi connectivity index (χ4v) is 2.76. The summed E-state index contributed by atoms with van der Waals surface area (Å²) in [7, 11) is 0. The van der Waals surface area contributed by atoms with E-state index in [1.807, 2.05) is 42.8 Å². The summed E-state index contributed by atoms with van der Waals surface area (Å²) in [6, 6.07) is 14.3. The summed E-state index contributed by atoms with van der Waals surface area (Å²) in [5, 5.41) is 2.99. The Morgan fingerprint density at radius 3 is 2.40 bits per heavy atom. The molecule has 0 aliphatic carbocycles. The fourth-order valence-electron chi connectivity index (χ4n) is 2.76. The predicted molar refractivity (Wildman–Crippen MR) is 101 cm³/mol. The minimum absolute atomic E-state index is 0.0533. The zero-order valence-corrected chi connectivity index (χ0v) is 14.9. The highest BCUT2D eigenvalue weighted by molar-refractivity contribution is 5.94. The van der Waals surface area contributed by atoms with E-state index >= 15 is 0 Å². The van der Waals surface area contributed by atoms with Gasteiger partial charge in [0.05, 0.1) is 0 Å². The number of hydrogen-bond acceptors (Lipinski definition) is 2. The first-order valence-electron chi connectivity index (χ1n) is 8.50. The van der Waals surface area contributed by atoms with Crippen molar-refractivity contribution in [1.82, 2.24) is 14.9 Å². The molecule has 0 bridgehead atoms. The molecule has 1 aromatic carbocycles. The molecule has 0 atom stereocenters. The molecule has 0 aliphatic rings. The average molecular weight is 333 g/mol. The Morgan fingerprint density at radius 1 is 1.08 bits per heavy atom. The van der Waals surface area contributed by atoms with Gasteiger partial charge in [-0.05, 0) is 50.1 Å². The number of amides is 1. The lowest BCUT2D eigenvalue weighted by Crippen LogP contribution is -2.31. The summed E-state index contributed by atoms with van der Waals surface area (Å²) in [6.45, 7) is 6.67. The van der Waals surface area contributed by atoms with Crippen molar-refractivity contribution in [3.8, 4) is 11.1 Å². The fraction of sp³-hybridized carbons (Fsp3) is 0.238. The minimum atomic E-state index is -0.0533. The van der Waals surface area contributed by atoms with Crippen LogP contribution in [0.25, 0.3) is 11.1 Å². The second-order valence-corrected chi connectivity index (χ2v) is 6.59. The zero-order chi connectivity index (χ0) is 17.8. The molecule has 0 radical (unpaired) electrons.